The topological polar surface area (TPSA) is 86.3 Å². The fourth-order valence-corrected chi connectivity index (χ4v) is 0.614. The maximum Gasteiger partial charge on any atom is 0.253 e. The van der Waals surface area contributed by atoms with Crippen molar-refractivity contribution >= 4 is 54.3 Å². The van der Waals surface area contributed by atoms with Gasteiger partial charge in [-0.3, -0.25) is 20.2 Å². The summed E-state index contributed by atoms with van der Waals surface area (Å²) in [7, 11) is 0. The molecule has 6 nitrogen and oxygen atoms in total. The van der Waals surface area contributed by atoms with Crippen LogP contribution in [0.3, 0.4) is 0 Å². The van der Waals surface area contributed by atoms with E-state index in [-0.39, 0.29) is 15.0 Å². The molecule has 0 radical (unpaired) electrons. The Labute approximate surface area is 101 Å². The van der Waals surface area contributed by atoms with Crippen LogP contribution in [0, 0.1) is 20.2 Å². The van der Waals surface area contributed by atoms with E-state index in [0.717, 1.165) is 0 Å². The second-order valence-electron chi connectivity index (χ2n) is 1.66. The van der Waals surface area contributed by atoms with Gasteiger partial charge in [0.2, 0.25) is 6.54 Å². The summed E-state index contributed by atoms with van der Waals surface area (Å²) in [6, 6.07) is 0. The zero-order chi connectivity index (χ0) is 11.7. The molecule has 0 fully saturated rings. The number of nitro groups is 2. The van der Waals surface area contributed by atoms with Crippen LogP contribution in [0.15, 0.2) is 10.4 Å². The Bertz CT molecular complexity index is 250. The molecule has 0 saturated heterocycles. The summed E-state index contributed by atoms with van der Waals surface area (Å²) in [4.78, 5) is 17.8. The first-order valence-electron chi connectivity index (χ1n) is 2.82. The maximum atomic E-state index is 9.48. The molecule has 80 valence electrons. The third kappa shape index (κ3) is 22.6. The molecule has 10 heteroatoms. The van der Waals surface area contributed by atoms with Gasteiger partial charge in [0.05, 0.1) is 4.92 Å². The normalized spacial score (nSPS) is 7.93. The number of hydrogen-bond acceptors (Lipinski definition) is 7. The van der Waals surface area contributed by atoms with Crippen LogP contribution in [0.5, 0.6) is 0 Å². The molecule has 0 atom stereocenters. The van der Waals surface area contributed by atoms with Gasteiger partial charge >= 0.3 is 0 Å². The quantitative estimate of drug-likeness (QED) is 0.314. The number of hydrogen-bond donors (Lipinski definition) is 3. The molecule has 0 unspecified atom stereocenters. The van der Waals surface area contributed by atoms with E-state index in [4.69, 9.17) is 0 Å². The second-order valence-corrected chi connectivity index (χ2v) is 4.31. The molecule has 0 rings (SSSR count). The Hall–Kier alpha value is -0.320. The monoisotopic (exact) mass is 274 g/mol. The van der Waals surface area contributed by atoms with Crippen molar-refractivity contribution in [2.45, 2.75) is 0 Å². The van der Waals surface area contributed by atoms with Crippen LogP contribution in [0.25, 0.3) is 0 Å². The van der Waals surface area contributed by atoms with Crippen molar-refractivity contribution in [2.75, 3.05) is 6.54 Å². The van der Waals surface area contributed by atoms with E-state index < -0.39 is 9.85 Å². The molecule has 14 heavy (non-hydrogen) atoms. The molecule has 0 heterocycles. The molecule has 0 aliphatic rings. The van der Waals surface area contributed by atoms with Gasteiger partial charge in [0.15, 0.2) is 0 Å². The minimum atomic E-state index is -0.616. The second kappa shape index (κ2) is 9.24. The highest BCUT2D eigenvalue weighted by atomic mass is 32.2. The summed E-state index contributed by atoms with van der Waals surface area (Å²) in [6.45, 7) is -0.321. The first kappa shape index (κ1) is 16.1. The van der Waals surface area contributed by atoms with Crippen LogP contribution >= 0.6 is 50.1 Å². The number of nitrogens with zero attached hydrogens (tertiary/aromatic N) is 2. The van der Waals surface area contributed by atoms with Gasteiger partial charge in [-0.25, -0.2) is 0 Å². The molecule has 0 aliphatic heterocycles. The summed E-state index contributed by atoms with van der Waals surface area (Å²) in [6.07, 6.45) is 0.701. The summed E-state index contributed by atoms with van der Waals surface area (Å²) < 4.78 is 0.218. The van der Waals surface area contributed by atoms with Crippen LogP contribution in [0.4, 0.5) is 0 Å². The van der Waals surface area contributed by atoms with Crippen molar-refractivity contribution in [1.29, 1.82) is 0 Å². The standard InChI is InChI=1S/2C2H3NO2S2/c2*4-3(5)1-2(6)7/h1H2,(H,6,7);1,6-7H. The average Bonchev–Trinajstić information content (AvgIpc) is 1.79. The lowest BCUT2D eigenvalue weighted by Crippen LogP contribution is -2.04. The van der Waals surface area contributed by atoms with E-state index in [2.05, 4.69) is 50.1 Å². The first-order valence-corrected chi connectivity index (χ1v) is 4.57. The minimum Gasteiger partial charge on any atom is -0.264 e. The number of thiocarbonyl (C=S) groups is 1. The number of rotatable bonds is 3. The molecule has 0 bridgehead atoms. The van der Waals surface area contributed by atoms with Crippen LogP contribution in [-0.4, -0.2) is 20.6 Å². The zero-order valence-corrected chi connectivity index (χ0v) is 10.1. The summed E-state index contributed by atoms with van der Waals surface area (Å²) in [5.41, 5.74) is 0. The van der Waals surface area contributed by atoms with E-state index in [0.29, 0.717) is 6.20 Å². The molecule has 0 N–H and O–H groups in total. The van der Waals surface area contributed by atoms with Gasteiger partial charge in [0.25, 0.3) is 6.20 Å². The van der Waals surface area contributed by atoms with Gasteiger partial charge in [-0.05, 0) is 0 Å². The lowest BCUT2D eigenvalue weighted by Gasteiger charge is -1.82. The van der Waals surface area contributed by atoms with Crippen LogP contribution in [-0.2, 0) is 0 Å². The van der Waals surface area contributed by atoms with Crippen LogP contribution < -0.4 is 0 Å². The highest BCUT2D eigenvalue weighted by molar-refractivity contribution is 8.11. The van der Waals surface area contributed by atoms with Gasteiger partial charge < -0.3 is 0 Å². The molecule has 0 saturated carbocycles. The highest BCUT2D eigenvalue weighted by Crippen LogP contribution is 2.02. The van der Waals surface area contributed by atoms with E-state index in [1.165, 1.54) is 0 Å². The van der Waals surface area contributed by atoms with Gasteiger partial charge in [-0.15, -0.1) is 37.9 Å². The zero-order valence-electron chi connectivity index (χ0n) is 6.56. The molecular weight excluding hydrogens is 268 g/mol. The molecular formula is C4H6N2O4S4. The molecule has 0 aromatic rings. The van der Waals surface area contributed by atoms with Gasteiger partial charge in [0, 0.05) is 4.92 Å². The Balaban J connectivity index is 0. The Morgan fingerprint density at radius 3 is 1.71 bits per heavy atom. The SMILES string of the molecule is O=[N+]([O-])C=C(S)S.O=[N+]([O-])CC(=S)S. The molecule has 0 amide bonds. The van der Waals surface area contributed by atoms with Crippen molar-refractivity contribution in [2.24, 2.45) is 0 Å². The first-order chi connectivity index (χ1) is 6.25. The van der Waals surface area contributed by atoms with Crippen molar-refractivity contribution in [3.8, 4) is 0 Å². The fourth-order valence-electron chi connectivity index (χ4n) is 0.205. The lowest BCUT2D eigenvalue weighted by atomic mass is 10.8. The third-order valence-electron chi connectivity index (χ3n) is 0.485. The Kier molecular flexibility index (Phi) is 10.6. The van der Waals surface area contributed by atoms with Crippen molar-refractivity contribution in [3.63, 3.8) is 0 Å². The summed E-state index contributed by atoms with van der Waals surface area (Å²) in [5, 5.41) is 18.9. The largest absolute Gasteiger partial charge is 0.264 e. The van der Waals surface area contributed by atoms with E-state index >= 15 is 0 Å². The predicted molar refractivity (Wildman–Crippen MR) is 66.5 cm³/mol. The smallest absolute Gasteiger partial charge is 0.253 e. The van der Waals surface area contributed by atoms with Gasteiger partial charge in [-0.2, -0.15) is 0 Å². The Morgan fingerprint density at radius 2 is 1.71 bits per heavy atom. The Morgan fingerprint density at radius 1 is 1.29 bits per heavy atom. The molecule has 0 aromatic carbocycles. The minimum absolute atomic E-state index is 0.102. The maximum absolute atomic E-state index is 9.48. The average molecular weight is 274 g/mol. The highest BCUT2D eigenvalue weighted by Gasteiger charge is 1.95. The summed E-state index contributed by atoms with van der Waals surface area (Å²) >= 11 is 14.9. The van der Waals surface area contributed by atoms with Crippen LogP contribution in [0.2, 0.25) is 0 Å². The molecule has 0 aromatic heterocycles. The van der Waals surface area contributed by atoms with E-state index in [1.54, 1.807) is 0 Å². The van der Waals surface area contributed by atoms with Crippen LogP contribution in [0.1, 0.15) is 0 Å². The summed E-state index contributed by atoms with van der Waals surface area (Å²) in [5.74, 6) is 0. The fraction of sp³-hybridized carbons (Fsp3) is 0.250. The van der Waals surface area contributed by atoms with Gasteiger partial charge in [0.1, 0.15) is 8.43 Å². The van der Waals surface area contributed by atoms with Gasteiger partial charge in [-0.1, -0.05) is 12.2 Å². The van der Waals surface area contributed by atoms with Crippen molar-refractivity contribution in [1.82, 2.24) is 0 Å². The molecule has 0 aliphatic carbocycles. The number of thiol groups is 3. The predicted octanol–water partition coefficient (Wildman–Crippen LogP) is 1.44. The van der Waals surface area contributed by atoms with E-state index in [1.807, 2.05) is 0 Å². The van der Waals surface area contributed by atoms with Crippen molar-refractivity contribution in [3.05, 3.63) is 30.7 Å². The lowest BCUT2D eigenvalue weighted by molar-refractivity contribution is -0.462. The van der Waals surface area contributed by atoms with E-state index in [9.17, 15) is 20.2 Å². The molecule has 0 spiro atoms. The third-order valence-corrected chi connectivity index (χ3v) is 0.987. The van der Waals surface area contributed by atoms with Crippen molar-refractivity contribution < 1.29 is 9.85 Å².